The number of benzene rings is 9. The Balaban J connectivity index is 0.000000154. The normalized spacial score (nSPS) is 17.0. The number of hydrogen-bond acceptors (Lipinski definition) is 14. The van der Waals surface area contributed by atoms with Crippen LogP contribution in [-0.2, 0) is 20.2 Å². The van der Waals surface area contributed by atoms with Crippen molar-refractivity contribution in [2.24, 2.45) is 0 Å². The van der Waals surface area contributed by atoms with Crippen molar-refractivity contribution in [3.8, 4) is 17.2 Å². The van der Waals surface area contributed by atoms with Crippen LogP contribution < -0.4 is 13.3 Å². The first-order valence-electron chi connectivity index (χ1n) is 39.6. The molecular formula is C94H110N4O10S2. The van der Waals surface area contributed by atoms with E-state index in [1.807, 2.05) is 78.9 Å². The van der Waals surface area contributed by atoms with E-state index in [0.29, 0.717) is 49.3 Å². The van der Waals surface area contributed by atoms with Gasteiger partial charge in [0.2, 0.25) is 0 Å². The molecule has 2 saturated carbocycles. The van der Waals surface area contributed by atoms with Crippen molar-refractivity contribution >= 4 is 59.4 Å². The van der Waals surface area contributed by atoms with Crippen LogP contribution in [0.3, 0.4) is 0 Å². The summed E-state index contributed by atoms with van der Waals surface area (Å²) in [6.07, 6.45) is 16.7. The van der Waals surface area contributed by atoms with Gasteiger partial charge in [-0.1, -0.05) is 188 Å². The summed E-state index contributed by atoms with van der Waals surface area (Å²) < 4.78 is 56.6. The minimum Gasteiger partial charge on any atom is -0.508 e. The zero-order chi connectivity index (χ0) is 77.0. The van der Waals surface area contributed by atoms with Gasteiger partial charge in [-0.25, -0.2) is 0 Å². The maximum Gasteiger partial charge on any atom is 0.306 e. The fourth-order valence-electron chi connectivity index (χ4n) is 16.1. The molecule has 0 aromatic heterocycles. The smallest absolute Gasteiger partial charge is 0.306 e. The number of phenols is 1. The quantitative estimate of drug-likeness (QED) is 0.0269. The van der Waals surface area contributed by atoms with Gasteiger partial charge in [-0.15, -0.1) is 0 Å². The highest BCUT2D eigenvalue weighted by Gasteiger charge is 2.34. The summed E-state index contributed by atoms with van der Waals surface area (Å²) in [4.78, 5) is 10.3. The summed E-state index contributed by atoms with van der Waals surface area (Å²) in [7, 11) is -7.20. The summed E-state index contributed by atoms with van der Waals surface area (Å²) in [5, 5.41) is 39.2. The van der Waals surface area contributed by atoms with Crippen molar-refractivity contribution in [1.82, 2.24) is 14.7 Å². The highest BCUT2D eigenvalue weighted by Crippen LogP contribution is 2.43. The van der Waals surface area contributed by atoms with Gasteiger partial charge in [0.25, 0.3) is 0 Å². The molecule has 578 valence electrons. The number of phenolic OH excluding ortho intramolecular Hbond substituents is 1. The van der Waals surface area contributed by atoms with Crippen molar-refractivity contribution in [1.29, 1.82) is 0 Å². The number of aliphatic hydroxyl groups excluding tert-OH is 3. The van der Waals surface area contributed by atoms with Gasteiger partial charge in [0, 0.05) is 69.8 Å². The Morgan fingerprint density at radius 2 is 0.691 bits per heavy atom. The van der Waals surface area contributed by atoms with Crippen LogP contribution in [0.4, 0.5) is 5.69 Å². The number of anilines is 1. The van der Waals surface area contributed by atoms with Crippen LogP contribution in [-0.4, -0.2) is 155 Å². The predicted octanol–water partition coefficient (Wildman–Crippen LogP) is 17.9. The van der Waals surface area contributed by atoms with Crippen LogP contribution in [0.2, 0.25) is 0 Å². The highest BCUT2D eigenvalue weighted by molar-refractivity contribution is 7.86. The number of piperazine rings is 1. The molecule has 9 aromatic carbocycles. The van der Waals surface area contributed by atoms with Gasteiger partial charge in [-0.3, -0.25) is 4.90 Å². The summed E-state index contributed by atoms with van der Waals surface area (Å²) >= 11 is 0. The van der Waals surface area contributed by atoms with Gasteiger partial charge < -0.3 is 43.5 Å². The van der Waals surface area contributed by atoms with Gasteiger partial charge >= 0.3 is 20.2 Å². The largest absolute Gasteiger partial charge is 0.508 e. The second-order valence-electron chi connectivity index (χ2n) is 30.3. The Morgan fingerprint density at radius 1 is 0.373 bits per heavy atom. The maximum absolute atomic E-state index is 11.6. The number of likely N-dealkylation sites (tertiary alicyclic amines) is 2. The second-order valence-corrected chi connectivity index (χ2v) is 33.5. The van der Waals surface area contributed by atoms with Crippen molar-refractivity contribution in [2.75, 3.05) is 89.6 Å². The van der Waals surface area contributed by atoms with E-state index in [-0.39, 0.29) is 31.3 Å². The van der Waals surface area contributed by atoms with Gasteiger partial charge in [-0.05, 0) is 285 Å². The number of allylic oxidation sites excluding steroid dienone is 3. The lowest BCUT2D eigenvalue weighted by Crippen LogP contribution is -2.48. The van der Waals surface area contributed by atoms with Crippen molar-refractivity contribution in [3.63, 3.8) is 0 Å². The molecule has 3 saturated heterocycles. The molecule has 14 rings (SSSR count). The minimum atomic E-state index is -3.61. The molecule has 0 spiro atoms. The SMILES string of the molecule is CC(C)N1CCN(c2ccc(/C(=C(/CCCO)c3ccccc3)c3ccc(OS(C)(=O)=O)cc3)cc2)CC1.CS(=O)(=O)Oc1ccc(/C(=C(\CCCO)c2ccccc2)c2ccc(C3CCN(C4CC4)CC3)cc2)cc1.OCCC/C(=C(/c1ccc(C2CCN(C3CC3)CC2)cc1)c1cccc(O)c1)c1ccccc1. The Bertz CT molecular complexity index is 4510. The molecule has 110 heavy (non-hydrogen) atoms. The van der Waals surface area contributed by atoms with Crippen LogP contribution in [0.5, 0.6) is 17.2 Å². The molecule has 0 unspecified atom stereocenters. The van der Waals surface area contributed by atoms with Gasteiger partial charge in [-0.2, -0.15) is 16.8 Å². The first-order valence-corrected chi connectivity index (χ1v) is 43.3. The molecule has 3 heterocycles. The third-order valence-corrected chi connectivity index (χ3v) is 23.0. The van der Waals surface area contributed by atoms with Gasteiger partial charge in [0.05, 0.1) is 12.5 Å². The minimum absolute atomic E-state index is 0.103. The summed E-state index contributed by atoms with van der Waals surface area (Å²) in [6.45, 7) is 13.9. The van der Waals surface area contributed by atoms with Crippen LogP contribution >= 0.6 is 0 Å². The predicted molar refractivity (Wildman–Crippen MR) is 449 cm³/mol. The molecule has 3 aliphatic heterocycles. The van der Waals surface area contributed by atoms with E-state index in [1.165, 1.54) is 99.9 Å². The number of nitrogens with zero attached hydrogens (tertiary/aromatic N) is 4. The standard InChI is InChI=1S/C32H37NO4S.C31H38N2O4S.C31H35NO2/c1-38(35,36)37-30-17-13-28(14-18-30)32(31(8-5-23-34)26-6-3-2-4-7-26)27-11-9-24(10-12-27)25-19-21-33(22-20-25)29-15-16-29;1-24(2)32-19-21-33(22-20-32)28-15-11-26(12-16-28)31(27-13-17-29(18-14-27)37-38(3,35)36)30(10-7-23-34)25-8-5-4-6-9-25;33-21-5-10-30(25-6-2-1-3-7-25)31(27-8-4-9-29(34)22-27)26-13-11-23(12-14-26)24-17-19-32(20-18-24)28-15-16-28/h2-4,6-7,9-14,17-18,25,29,34H,5,8,15-16,19-23H2,1H3;4-6,8-9,11-18,24,34H,7,10,19-23H2,1-3H3;1-4,6-9,11-14,22,24,28,33-34H,5,10,15-21H2/b32-31+;2*31-30+. The third-order valence-electron chi connectivity index (χ3n) is 22.0. The molecule has 5 fully saturated rings. The Labute approximate surface area is 654 Å². The first kappa shape index (κ1) is 80.6. The van der Waals surface area contributed by atoms with E-state index in [9.17, 15) is 37.3 Å². The molecule has 5 aliphatic rings. The Morgan fingerprint density at radius 3 is 1.00 bits per heavy atom. The van der Waals surface area contributed by atoms with E-state index in [2.05, 4.69) is 161 Å². The van der Waals surface area contributed by atoms with E-state index in [0.717, 1.165) is 142 Å². The van der Waals surface area contributed by atoms with E-state index >= 15 is 0 Å². The van der Waals surface area contributed by atoms with Crippen LogP contribution in [0.25, 0.3) is 33.4 Å². The molecule has 14 nitrogen and oxygen atoms in total. The van der Waals surface area contributed by atoms with E-state index in [1.54, 1.807) is 30.3 Å². The van der Waals surface area contributed by atoms with E-state index in [4.69, 9.17) is 8.37 Å². The maximum atomic E-state index is 11.6. The zero-order valence-corrected chi connectivity index (χ0v) is 66.1. The van der Waals surface area contributed by atoms with Crippen molar-refractivity contribution in [2.45, 2.75) is 134 Å². The average molecular weight is 1520 g/mol. The average Bonchev–Trinajstić information content (AvgIpc) is 1.75. The van der Waals surface area contributed by atoms with Crippen molar-refractivity contribution in [3.05, 3.63) is 298 Å². The molecule has 4 N–H and O–H groups in total. The monoisotopic (exact) mass is 1520 g/mol. The fraction of sp³-hybridized carbons (Fsp3) is 0.362. The number of aliphatic hydroxyl groups is 3. The Hall–Kier alpha value is -8.94. The van der Waals surface area contributed by atoms with Crippen LogP contribution in [0, 0.1) is 0 Å². The molecular weight excluding hydrogens is 1410 g/mol. The molecule has 2 aliphatic carbocycles. The molecule has 0 amide bonds. The highest BCUT2D eigenvalue weighted by atomic mass is 32.2. The molecule has 16 heteroatoms. The topological polar surface area (TPSA) is 181 Å². The summed E-state index contributed by atoms with van der Waals surface area (Å²) in [6, 6.07) is 82.0. The third kappa shape index (κ3) is 22.7. The summed E-state index contributed by atoms with van der Waals surface area (Å²) in [5.41, 5.74) is 20.5. The lowest BCUT2D eigenvalue weighted by atomic mass is 9.85. The number of hydrogen-bond donors (Lipinski definition) is 4. The molecule has 0 radical (unpaired) electrons. The lowest BCUT2D eigenvalue weighted by Gasteiger charge is -2.38. The van der Waals surface area contributed by atoms with Crippen LogP contribution in [0.1, 0.15) is 177 Å². The second kappa shape index (κ2) is 38.8. The number of piperidine rings is 2. The molecule has 9 aromatic rings. The van der Waals surface area contributed by atoms with Crippen molar-refractivity contribution < 1.29 is 45.6 Å². The molecule has 0 bridgehead atoms. The lowest BCUT2D eigenvalue weighted by molar-refractivity contribution is 0.203. The fourth-order valence-corrected chi connectivity index (χ4v) is 17.0. The first-order chi connectivity index (χ1) is 53.4. The zero-order valence-electron chi connectivity index (χ0n) is 64.4. The van der Waals surface area contributed by atoms with E-state index < -0.39 is 20.2 Å². The number of rotatable bonds is 28. The molecule has 0 atom stereocenters. The Kier molecular flexibility index (Phi) is 28.4. The summed E-state index contributed by atoms with van der Waals surface area (Å²) in [5.74, 6) is 2.08. The van der Waals surface area contributed by atoms with Crippen LogP contribution in [0.15, 0.2) is 237 Å². The van der Waals surface area contributed by atoms with Gasteiger partial charge in [0.15, 0.2) is 0 Å². The number of aromatic hydroxyl groups is 1. The van der Waals surface area contributed by atoms with Gasteiger partial charge in [0.1, 0.15) is 17.2 Å².